The summed E-state index contributed by atoms with van der Waals surface area (Å²) in [6.07, 6.45) is 0. The Morgan fingerprint density at radius 3 is 2.11 bits per heavy atom. The summed E-state index contributed by atoms with van der Waals surface area (Å²) in [6, 6.07) is 4.47. The molecule has 1 aromatic rings. The zero-order chi connectivity index (χ0) is 14.5. The van der Waals surface area contributed by atoms with Crippen molar-refractivity contribution in [3.63, 3.8) is 0 Å². The lowest BCUT2D eigenvalue weighted by molar-refractivity contribution is 0.0697. The lowest BCUT2D eigenvalue weighted by Crippen LogP contribution is -2.40. The van der Waals surface area contributed by atoms with Crippen molar-refractivity contribution in [3.05, 3.63) is 35.4 Å². The third-order valence-corrected chi connectivity index (χ3v) is 3.75. The molecule has 0 saturated heterocycles. The van der Waals surface area contributed by atoms with Crippen LogP contribution in [0.2, 0.25) is 0 Å². The second-order valence-electron chi connectivity index (χ2n) is 3.94. The van der Waals surface area contributed by atoms with Crippen LogP contribution in [0.4, 0.5) is 0 Å². The Morgan fingerprint density at radius 2 is 1.68 bits per heavy atom. The highest BCUT2D eigenvalue weighted by molar-refractivity contribution is 7.88. The molecule has 1 aromatic carbocycles. The highest BCUT2D eigenvalue weighted by Gasteiger charge is 2.17. The van der Waals surface area contributed by atoms with E-state index in [4.69, 9.17) is 15.3 Å². The van der Waals surface area contributed by atoms with Crippen LogP contribution in [-0.4, -0.2) is 49.0 Å². The van der Waals surface area contributed by atoms with Crippen molar-refractivity contribution in [1.29, 1.82) is 0 Å². The molecule has 1 rings (SSSR count). The van der Waals surface area contributed by atoms with Gasteiger partial charge in [-0.3, -0.25) is 0 Å². The molecule has 106 valence electrons. The quantitative estimate of drug-likeness (QED) is 0.519. The number of rotatable bonds is 7. The van der Waals surface area contributed by atoms with Gasteiger partial charge >= 0.3 is 5.97 Å². The zero-order valence-corrected chi connectivity index (χ0v) is 10.8. The van der Waals surface area contributed by atoms with E-state index in [2.05, 4.69) is 4.72 Å². The molecule has 0 aliphatic carbocycles. The van der Waals surface area contributed by atoms with Crippen LogP contribution in [-0.2, 0) is 15.8 Å². The molecule has 0 fully saturated rings. The largest absolute Gasteiger partial charge is 0.478 e. The molecule has 0 saturated carbocycles. The molecule has 0 aliphatic rings. The predicted molar refractivity (Wildman–Crippen MR) is 67.1 cm³/mol. The highest BCUT2D eigenvalue weighted by atomic mass is 32.2. The van der Waals surface area contributed by atoms with E-state index < -0.39 is 35.2 Å². The number of carboxylic acid groups (broad SMARTS) is 1. The maximum absolute atomic E-state index is 11.7. The monoisotopic (exact) mass is 289 g/mol. The second kappa shape index (κ2) is 6.62. The molecular weight excluding hydrogens is 274 g/mol. The standard InChI is InChI=1S/C11H15NO6S/c13-5-10(6-14)12-19(17,18)7-8-1-3-9(4-2-8)11(15)16/h1-4,10,12-14H,5-7H2,(H,15,16). The number of hydrogen-bond acceptors (Lipinski definition) is 5. The first-order chi connectivity index (χ1) is 8.88. The van der Waals surface area contributed by atoms with Crippen molar-refractivity contribution in [2.24, 2.45) is 0 Å². The molecule has 0 bridgehead atoms. The van der Waals surface area contributed by atoms with Crippen molar-refractivity contribution < 1.29 is 28.5 Å². The second-order valence-corrected chi connectivity index (χ2v) is 5.69. The molecule has 0 heterocycles. The van der Waals surface area contributed by atoms with Crippen molar-refractivity contribution in [2.45, 2.75) is 11.8 Å². The Kier molecular flexibility index (Phi) is 5.43. The molecule has 0 spiro atoms. The third kappa shape index (κ3) is 4.95. The van der Waals surface area contributed by atoms with E-state index in [1.54, 1.807) is 0 Å². The van der Waals surface area contributed by atoms with E-state index in [-0.39, 0.29) is 11.3 Å². The van der Waals surface area contributed by atoms with Crippen LogP contribution in [0.15, 0.2) is 24.3 Å². The fourth-order valence-electron chi connectivity index (χ4n) is 1.39. The summed E-state index contributed by atoms with van der Waals surface area (Å²) in [6.45, 7) is -1.01. The van der Waals surface area contributed by atoms with E-state index in [1.807, 2.05) is 0 Å². The number of aromatic carboxylic acids is 1. The molecule has 0 amide bonds. The molecule has 0 radical (unpaired) electrons. The normalized spacial score (nSPS) is 11.7. The van der Waals surface area contributed by atoms with Crippen molar-refractivity contribution >= 4 is 16.0 Å². The fourth-order valence-corrected chi connectivity index (χ4v) is 2.76. The van der Waals surface area contributed by atoms with Crippen molar-refractivity contribution in [3.8, 4) is 0 Å². The average Bonchev–Trinajstić information content (AvgIpc) is 2.36. The van der Waals surface area contributed by atoms with Gasteiger partial charge in [0.15, 0.2) is 0 Å². The SMILES string of the molecule is O=C(O)c1ccc(CS(=O)(=O)NC(CO)CO)cc1. The van der Waals surface area contributed by atoms with E-state index in [0.29, 0.717) is 5.56 Å². The fraction of sp³-hybridized carbons (Fsp3) is 0.364. The highest BCUT2D eigenvalue weighted by Crippen LogP contribution is 2.08. The van der Waals surface area contributed by atoms with Gasteiger partial charge in [-0.15, -0.1) is 0 Å². The molecule has 4 N–H and O–H groups in total. The lowest BCUT2D eigenvalue weighted by Gasteiger charge is -2.13. The first kappa shape index (κ1) is 15.6. The Balaban J connectivity index is 2.75. The number of aliphatic hydroxyl groups is 2. The number of nitrogens with one attached hydrogen (secondary N) is 1. The minimum Gasteiger partial charge on any atom is -0.478 e. The van der Waals surface area contributed by atoms with Crippen LogP contribution in [0.25, 0.3) is 0 Å². The molecule has 0 aliphatic heterocycles. The van der Waals surface area contributed by atoms with Gasteiger partial charge in [0.05, 0.1) is 30.6 Å². The average molecular weight is 289 g/mol. The maximum atomic E-state index is 11.7. The number of sulfonamides is 1. The molecule has 7 nitrogen and oxygen atoms in total. The van der Waals surface area contributed by atoms with E-state index in [1.165, 1.54) is 24.3 Å². The van der Waals surface area contributed by atoms with Crippen LogP contribution < -0.4 is 4.72 Å². The van der Waals surface area contributed by atoms with Gasteiger partial charge in [-0.1, -0.05) is 12.1 Å². The van der Waals surface area contributed by atoms with Gasteiger partial charge in [0.2, 0.25) is 10.0 Å². The lowest BCUT2D eigenvalue weighted by atomic mass is 10.1. The van der Waals surface area contributed by atoms with Gasteiger partial charge in [-0.05, 0) is 17.7 Å². The molecule has 19 heavy (non-hydrogen) atoms. The topological polar surface area (TPSA) is 124 Å². The summed E-state index contributed by atoms with van der Waals surface area (Å²) < 4.78 is 25.5. The number of benzene rings is 1. The third-order valence-electron chi connectivity index (χ3n) is 2.34. The number of carboxylic acids is 1. The summed E-state index contributed by atoms with van der Waals surface area (Å²) in [5, 5.41) is 26.3. The van der Waals surface area contributed by atoms with Crippen molar-refractivity contribution in [1.82, 2.24) is 4.72 Å². The minimum atomic E-state index is -3.71. The van der Waals surface area contributed by atoms with E-state index in [0.717, 1.165) is 0 Å². The Labute approximate surface area is 110 Å². The number of aliphatic hydroxyl groups excluding tert-OH is 2. The van der Waals surface area contributed by atoms with Gasteiger partial charge in [0.1, 0.15) is 0 Å². The van der Waals surface area contributed by atoms with Crippen LogP contribution in [0.1, 0.15) is 15.9 Å². The van der Waals surface area contributed by atoms with Crippen molar-refractivity contribution in [2.75, 3.05) is 13.2 Å². The van der Waals surface area contributed by atoms with Gasteiger partial charge < -0.3 is 15.3 Å². The van der Waals surface area contributed by atoms with Gasteiger partial charge in [0, 0.05) is 0 Å². The summed E-state index contributed by atoms with van der Waals surface area (Å²) in [5.74, 6) is -1.45. The Hall–Kier alpha value is -1.48. The smallest absolute Gasteiger partial charge is 0.335 e. The van der Waals surface area contributed by atoms with Gasteiger partial charge in [-0.25, -0.2) is 17.9 Å². The Morgan fingerprint density at radius 1 is 1.16 bits per heavy atom. The van der Waals surface area contributed by atoms with Gasteiger partial charge in [-0.2, -0.15) is 0 Å². The first-order valence-electron chi connectivity index (χ1n) is 5.42. The van der Waals surface area contributed by atoms with Crippen LogP contribution in [0.5, 0.6) is 0 Å². The van der Waals surface area contributed by atoms with Gasteiger partial charge in [0.25, 0.3) is 0 Å². The Bertz CT molecular complexity index is 521. The van der Waals surface area contributed by atoms with E-state index in [9.17, 15) is 13.2 Å². The molecule has 0 atom stereocenters. The molecule has 8 heteroatoms. The van der Waals surface area contributed by atoms with E-state index >= 15 is 0 Å². The molecular formula is C11H15NO6S. The number of hydrogen-bond donors (Lipinski definition) is 4. The molecule has 0 aromatic heterocycles. The molecule has 0 unspecified atom stereocenters. The maximum Gasteiger partial charge on any atom is 0.335 e. The minimum absolute atomic E-state index is 0.0673. The predicted octanol–water partition coefficient (Wildman–Crippen LogP) is -0.843. The summed E-state index contributed by atoms with van der Waals surface area (Å²) >= 11 is 0. The first-order valence-corrected chi connectivity index (χ1v) is 7.07. The number of carbonyl (C=O) groups is 1. The zero-order valence-electron chi connectivity index (χ0n) is 9.98. The summed E-state index contributed by atoms with van der Waals surface area (Å²) in [5.41, 5.74) is 0.477. The summed E-state index contributed by atoms with van der Waals surface area (Å²) in [7, 11) is -3.71. The van der Waals surface area contributed by atoms with Crippen LogP contribution >= 0.6 is 0 Å². The van der Waals surface area contributed by atoms with Crippen LogP contribution in [0.3, 0.4) is 0 Å². The summed E-state index contributed by atoms with van der Waals surface area (Å²) in [4.78, 5) is 10.6. The van der Waals surface area contributed by atoms with Crippen LogP contribution in [0, 0.1) is 0 Å².